The first kappa shape index (κ1) is 13.0. The minimum Gasteiger partial charge on any atom is -0.477 e. The van der Waals surface area contributed by atoms with Crippen LogP contribution < -0.4 is 5.32 Å². The third kappa shape index (κ3) is 3.51. The average Bonchev–Trinajstić information content (AvgIpc) is 2.46. The highest BCUT2D eigenvalue weighted by Crippen LogP contribution is 2.07. The second-order valence-electron chi connectivity index (χ2n) is 4.09. The number of rotatable bonds is 5. The van der Waals surface area contributed by atoms with Gasteiger partial charge in [0.1, 0.15) is 0 Å². The molecule has 2 N–H and O–H groups in total. The van der Waals surface area contributed by atoms with E-state index in [1.54, 1.807) is 0 Å². The zero-order valence-electron chi connectivity index (χ0n) is 10.6. The molecule has 98 valence electrons. The zero-order valence-corrected chi connectivity index (χ0v) is 10.6. The summed E-state index contributed by atoms with van der Waals surface area (Å²) < 4.78 is 0. The van der Waals surface area contributed by atoms with Gasteiger partial charge in [-0.05, 0) is 23.6 Å². The van der Waals surface area contributed by atoms with Gasteiger partial charge in [-0.25, -0.2) is 14.8 Å². The lowest BCUT2D eigenvalue weighted by Gasteiger charge is -2.06. The van der Waals surface area contributed by atoms with Crippen molar-refractivity contribution in [2.24, 2.45) is 0 Å². The van der Waals surface area contributed by atoms with Crippen molar-refractivity contribution in [1.82, 2.24) is 9.97 Å². The fourth-order valence-electron chi connectivity index (χ4n) is 1.64. The molecule has 0 atom stereocenters. The molecule has 1 aromatic carbocycles. The van der Waals surface area contributed by atoms with Gasteiger partial charge in [0.2, 0.25) is 5.95 Å². The second-order valence-corrected chi connectivity index (χ2v) is 4.09. The van der Waals surface area contributed by atoms with E-state index in [9.17, 15) is 4.79 Å². The van der Waals surface area contributed by atoms with E-state index < -0.39 is 5.97 Å². The lowest BCUT2D eigenvalue weighted by Crippen LogP contribution is -2.07. The van der Waals surface area contributed by atoms with E-state index in [4.69, 9.17) is 5.11 Å². The minimum atomic E-state index is -1.06. The molecule has 0 saturated carbocycles. The van der Waals surface area contributed by atoms with Crippen LogP contribution in [0, 0.1) is 0 Å². The maximum atomic E-state index is 10.8. The number of carbonyl (C=O) groups is 1. The van der Waals surface area contributed by atoms with E-state index in [0.29, 0.717) is 12.5 Å². The smallest absolute Gasteiger partial charge is 0.354 e. The number of carboxylic acid groups (broad SMARTS) is 1. The first-order valence-electron chi connectivity index (χ1n) is 6.07. The first-order valence-corrected chi connectivity index (χ1v) is 6.07. The monoisotopic (exact) mass is 257 g/mol. The molecule has 5 heteroatoms. The van der Waals surface area contributed by atoms with E-state index in [1.165, 1.54) is 17.8 Å². The molecule has 5 nitrogen and oxygen atoms in total. The SMILES string of the molecule is CCc1ccc(CNc2nccc(C(=O)O)n2)cc1. The van der Waals surface area contributed by atoms with Crippen LogP contribution >= 0.6 is 0 Å². The molecule has 0 aliphatic rings. The quantitative estimate of drug-likeness (QED) is 0.860. The third-order valence-electron chi connectivity index (χ3n) is 2.76. The molecular formula is C14H15N3O2. The number of hydrogen-bond donors (Lipinski definition) is 2. The Hall–Kier alpha value is -2.43. The molecule has 2 aromatic rings. The van der Waals surface area contributed by atoms with Crippen molar-refractivity contribution < 1.29 is 9.90 Å². The number of aromatic nitrogens is 2. The first-order chi connectivity index (χ1) is 9.19. The lowest BCUT2D eigenvalue weighted by atomic mass is 10.1. The minimum absolute atomic E-state index is 0.0150. The van der Waals surface area contributed by atoms with Gasteiger partial charge in [-0.1, -0.05) is 31.2 Å². The van der Waals surface area contributed by atoms with Crippen LogP contribution in [-0.2, 0) is 13.0 Å². The second kappa shape index (κ2) is 5.95. The summed E-state index contributed by atoms with van der Waals surface area (Å²) in [6, 6.07) is 9.58. The molecule has 0 saturated heterocycles. The Morgan fingerprint density at radius 3 is 2.53 bits per heavy atom. The fourth-order valence-corrected chi connectivity index (χ4v) is 1.64. The molecule has 1 heterocycles. The number of aromatic carboxylic acids is 1. The number of nitrogens with one attached hydrogen (secondary N) is 1. The molecule has 1 aromatic heterocycles. The van der Waals surface area contributed by atoms with Gasteiger partial charge >= 0.3 is 5.97 Å². The van der Waals surface area contributed by atoms with Crippen LogP contribution in [0.25, 0.3) is 0 Å². The number of anilines is 1. The zero-order chi connectivity index (χ0) is 13.7. The number of benzene rings is 1. The van der Waals surface area contributed by atoms with Crippen LogP contribution in [0.1, 0.15) is 28.5 Å². The Balaban J connectivity index is 2.01. The van der Waals surface area contributed by atoms with Crippen LogP contribution in [0.5, 0.6) is 0 Å². The van der Waals surface area contributed by atoms with Crippen molar-refractivity contribution in [2.45, 2.75) is 19.9 Å². The van der Waals surface area contributed by atoms with E-state index >= 15 is 0 Å². The van der Waals surface area contributed by atoms with Gasteiger partial charge in [-0.3, -0.25) is 0 Å². The summed E-state index contributed by atoms with van der Waals surface area (Å²) in [5.74, 6) is -0.739. The van der Waals surface area contributed by atoms with E-state index in [-0.39, 0.29) is 5.69 Å². The van der Waals surface area contributed by atoms with Gasteiger partial charge in [0.25, 0.3) is 0 Å². The summed E-state index contributed by atoms with van der Waals surface area (Å²) in [7, 11) is 0. The predicted molar refractivity (Wildman–Crippen MR) is 72.1 cm³/mol. The normalized spacial score (nSPS) is 10.2. The molecule has 0 unspecified atom stereocenters. The van der Waals surface area contributed by atoms with Crippen molar-refractivity contribution in [3.63, 3.8) is 0 Å². The molecule has 0 aliphatic heterocycles. The van der Waals surface area contributed by atoms with Crippen molar-refractivity contribution >= 4 is 11.9 Å². The maximum absolute atomic E-state index is 10.8. The highest BCUT2D eigenvalue weighted by atomic mass is 16.4. The number of carboxylic acids is 1. The number of nitrogens with zero attached hydrogens (tertiary/aromatic N) is 2. The molecule has 19 heavy (non-hydrogen) atoms. The largest absolute Gasteiger partial charge is 0.477 e. The lowest BCUT2D eigenvalue weighted by molar-refractivity contribution is 0.0690. The summed E-state index contributed by atoms with van der Waals surface area (Å²) in [5.41, 5.74) is 2.37. The third-order valence-corrected chi connectivity index (χ3v) is 2.76. The van der Waals surface area contributed by atoms with Crippen LogP contribution in [0.3, 0.4) is 0 Å². The van der Waals surface area contributed by atoms with E-state index in [0.717, 1.165) is 12.0 Å². The Morgan fingerprint density at radius 1 is 1.21 bits per heavy atom. The summed E-state index contributed by atoms with van der Waals surface area (Å²) in [5, 5.41) is 11.8. The number of hydrogen-bond acceptors (Lipinski definition) is 4. The summed E-state index contributed by atoms with van der Waals surface area (Å²) >= 11 is 0. The predicted octanol–water partition coefficient (Wildman–Crippen LogP) is 2.35. The highest BCUT2D eigenvalue weighted by molar-refractivity contribution is 5.85. The Labute approximate surface area is 111 Å². The van der Waals surface area contributed by atoms with Crippen molar-refractivity contribution in [3.8, 4) is 0 Å². The average molecular weight is 257 g/mol. The van der Waals surface area contributed by atoms with Crippen molar-refractivity contribution in [3.05, 3.63) is 53.3 Å². The van der Waals surface area contributed by atoms with Gasteiger partial charge in [0, 0.05) is 12.7 Å². The highest BCUT2D eigenvalue weighted by Gasteiger charge is 2.05. The molecule has 0 bridgehead atoms. The topological polar surface area (TPSA) is 75.1 Å². The molecule has 0 aliphatic carbocycles. The summed E-state index contributed by atoms with van der Waals surface area (Å²) in [4.78, 5) is 18.7. The van der Waals surface area contributed by atoms with Crippen molar-refractivity contribution in [2.75, 3.05) is 5.32 Å². The van der Waals surface area contributed by atoms with Gasteiger partial charge in [-0.2, -0.15) is 0 Å². The van der Waals surface area contributed by atoms with Crippen molar-refractivity contribution in [1.29, 1.82) is 0 Å². The summed E-state index contributed by atoms with van der Waals surface area (Å²) in [6.45, 7) is 2.67. The van der Waals surface area contributed by atoms with Crippen LogP contribution in [-0.4, -0.2) is 21.0 Å². The van der Waals surface area contributed by atoms with Gasteiger partial charge in [-0.15, -0.1) is 0 Å². The van der Waals surface area contributed by atoms with Gasteiger partial charge in [0.15, 0.2) is 5.69 Å². The van der Waals surface area contributed by atoms with Gasteiger partial charge < -0.3 is 10.4 Å². The fraction of sp³-hybridized carbons (Fsp3) is 0.214. The van der Waals surface area contributed by atoms with Crippen LogP contribution in [0.15, 0.2) is 36.5 Å². The Morgan fingerprint density at radius 2 is 1.89 bits per heavy atom. The van der Waals surface area contributed by atoms with Crippen LogP contribution in [0.2, 0.25) is 0 Å². The van der Waals surface area contributed by atoms with Gasteiger partial charge in [0.05, 0.1) is 0 Å². The molecular weight excluding hydrogens is 242 g/mol. The summed E-state index contributed by atoms with van der Waals surface area (Å²) in [6.07, 6.45) is 2.44. The Bertz CT molecular complexity index is 567. The molecule has 0 radical (unpaired) electrons. The molecule has 0 fully saturated rings. The molecule has 0 amide bonds. The van der Waals surface area contributed by atoms with E-state index in [2.05, 4.69) is 34.3 Å². The Kier molecular flexibility index (Phi) is 4.07. The van der Waals surface area contributed by atoms with Crippen LogP contribution in [0.4, 0.5) is 5.95 Å². The molecule has 0 spiro atoms. The molecule has 2 rings (SSSR count). The maximum Gasteiger partial charge on any atom is 0.354 e. The standard InChI is InChI=1S/C14H15N3O2/c1-2-10-3-5-11(6-4-10)9-16-14-15-8-7-12(17-14)13(18)19/h3-8H,2,9H2,1H3,(H,18,19)(H,15,16,17). The van der Waals surface area contributed by atoms with E-state index in [1.807, 2.05) is 12.1 Å². The number of aryl methyl sites for hydroxylation is 1.